The van der Waals surface area contributed by atoms with Crippen LogP contribution in [0.3, 0.4) is 0 Å². The Morgan fingerprint density at radius 2 is 1.35 bits per heavy atom. The molecule has 0 bridgehead atoms. The first-order valence-corrected chi connectivity index (χ1v) is 6.54. The van der Waals surface area contributed by atoms with Crippen LogP contribution in [-0.2, 0) is 14.2 Å². The van der Waals surface area contributed by atoms with Crippen molar-refractivity contribution in [1.82, 2.24) is 5.32 Å². The molecule has 1 N–H and O–H groups in total. The Bertz CT molecular complexity index is 157. The fourth-order valence-corrected chi connectivity index (χ4v) is 1.22. The summed E-state index contributed by atoms with van der Waals surface area (Å²) < 4.78 is 15.9. The fraction of sp³-hybridized carbons (Fsp3) is 1.00. The second kappa shape index (κ2) is 11.0. The zero-order valence-corrected chi connectivity index (χ0v) is 11.9. The average molecular weight is 247 g/mol. The molecule has 0 unspecified atom stereocenters. The summed E-state index contributed by atoms with van der Waals surface area (Å²) in [6, 6.07) is 0. The van der Waals surface area contributed by atoms with Gasteiger partial charge < -0.3 is 19.5 Å². The lowest BCUT2D eigenvalue weighted by Crippen LogP contribution is -2.36. The summed E-state index contributed by atoms with van der Waals surface area (Å²) in [6.07, 6.45) is 1.04. The highest BCUT2D eigenvalue weighted by Gasteiger charge is 2.06. The second-order valence-electron chi connectivity index (χ2n) is 4.95. The fourth-order valence-electron chi connectivity index (χ4n) is 1.22. The molecule has 0 spiro atoms. The van der Waals surface area contributed by atoms with Crippen LogP contribution in [0.1, 0.15) is 34.1 Å². The molecule has 0 aliphatic rings. The van der Waals surface area contributed by atoms with E-state index in [2.05, 4.69) is 26.1 Å². The van der Waals surface area contributed by atoms with Crippen LogP contribution in [0, 0.1) is 0 Å². The molecule has 0 amide bonds. The van der Waals surface area contributed by atoms with E-state index in [1.165, 1.54) is 0 Å². The van der Waals surface area contributed by atoms with Crippen LogP contribution in [0.15, 0.2) is 0 Å². The first kappa shape index (κ1) is 16.8. The molecule has 0 rings (SSSR count). The lowest BCUT2D eigenvalue weighted by atomic mass is 10.1. The molecular weight excluding hydrogens is 218 g/mol. The highest BCUT2D eigenvalue weighted by atomic mass is 16.5. The van der Waals surface area contributed by atoms with Gasteiger partial charge in [-0.3, -0.25) is 0 Å². The van der Waals surface area contributed by atoms with E-state index in [4.69, 9.17) is 14.2 Å². The van der Waals surface area contributed by atoms with Gasteiger partial charge in [0.15, 0.2) is 0 Å². The molecule has 0 saturated carbocycles. The molecule has 104 valence electrons. The molecule has 0 fully saturated rings. The van der Waals surface area contributed by atoms with E-state index >= 15 is 0 Å². The first-order valence-electron chi connectivity index (χ1n) is 6.54. The van der Waals surface area contributed by atoms with E-state index < -0.39 is 0 Å². The SMILES string of the molecule is CCOCCOCCOCCCNC(C)(C)C. The van der Waals surface area contributed by atoms with Crippen LogP contribution >= 0.6 is 0 Å². The monoisotopic (exact) mass is 247 g/mol. The maximum absolute atomic E-state index is 5.45. The van der Waals surface area contributed by atoms with Crippen molar-refractivity contribution in [3.05, 3.63) is 0 Å². The third-order valence-electron chi connectivity index (χ3n) is 2.07. The van der Waals surface area contributed by atoms with E-state index in [-0.39, 0.29) is 5.54 Å². The Hall–Kier alpha value is -0.160. The zero-order chi connectivity index (χ0) is 13.0. The Labute approximate surface area is 106 Å². The predicted octanol–water partition coefficient (Wildman–Crippen LogP) is 1.83. The summed E-state index contributed by atoms with van der Waals surface area (Å²) in [5, 5.41) is 3.42. The van der Waals surface area contributed by atoms with Crippen molar-refractivity contribution in [2.24, 2.45) is 0 Å². The molecule has 17 heavy (non-hydrogen) atoms. The van der Waals surface area contributed by atoms with Gasteiger partial charge in [-0.2, -0.15) is 0 Å². The molecule has 0 atom stereocenters. The number of hydrogen-bond donors (Lipinski definition) is 1. The van der Waals surface area contributed by atoms with Crippen molar-refractivity contribution in [3.8, 4) is 0 Å². The summed E-state index contributed by atoms with van der Waals surface area (Å²) >= 11 is 0. The maximum Gasteiger partial charge on any atom is 0.0701 e. The maximum atomic E-state index is 5.45. The van der Waals surface area contributed by atoms with Gasteiger partial charge in [0.25, 0.3) is 0 Å². The molecular formula is C13H29NO3. The molecule has 0 aliphatic carbocycles. The quantitative estimate of drug-likeness (QED) is 0.566. The van der Waals surface area contributed by atoms with Crippen LogP contribution < -0.4 is 5.32 Å². The minimum atomic E-state index is 0.197. The van der Waals surface area contributed by atoms with E-state index in [9.17, 15) is 0 Å². The van der Waals surface area contributed by atoms with Crippen LogP contribution in [0.5, 0.6) is 0 Å². The van der Waals surface area contributed by atoms with Crippen molar-refractivity contribution in [2.45, 2.75) is 39.7 Å². The molecule has 0 radical (unpaired) electrons. The summed E-state index contributed by atoms with van der Waals surface area (Å²) in [6.45, 7) is 13.7. The highest BCUT2D eigenvalue weighted by Crippen LogP contribution is 1.97. The Kier molecular flexibility index (Phi) is 10.9. The molecule has 4 nitrogen and oxygen atoms in total. The normalized spacial score (nSPS) is 12.0. The molecule has 0 heterocycles. The Balaban J connectivity index is 2.99. The van der Waals surface area contributed by atoms with Crippen LogP contribution in [-0.4, -0.2) is 51.7 Å². The van der Waals surface area contributed by atoms with Crippen LogP contribution in [0.2, 0.25) is 0 Å². The number of rotatable bonds is 11. The molecule has 4 heteroatoms. The number of ether oxygens (including phenoxy) is 3. The lowest BCUT2D eigenvalue weighted by Gasteiger charge is -2.20. The van der Waals surface area contributed by atoms with Gasteiger partial charge in [0.1, 0.15) is 0 Å². The zero-order valence-electron chi connectivity index (χ0n) is 11.9. The third kappa shape index (κ3) is 15.8. The summed E-state index contributed by atoms with van der Waals surface area (Å²) in [4.78, 5) is 0. The van der Waals surface area contributed by atoms with Gasteiger partial charge in [0.05, 0.1) is 26.4 Å². The summed E-state index contributed by atoms with van der Waals surface area (Å²) in [5.41, 5.74) is 0.197. The third-order valence-corrected chi connectivity index (χ3v) is 2.07. The van der Waals surface area contributed by atoms with Gasteiger partial charge in [0.2, 0.25) is 0 Å². The van der Waals surface area contributed by atoms with Crippen molar-refractivity contribution < 1.29 is 14.2 Å². The minimum absolute atomic E-state index is 0.197. The van der Waals surface area contributed by atoms with Crippen molar-refractivity contribution >= 4 is 0 Å². The van der Waals surface area contributed by atoms with E-state index in [1.807, 2.05) is 6.92 Å². The molecule has 0 saturated heterocycles. The molecule has 0 aliphatic heterocycles. The minimum Gasteiger partial charge on any atom is -0.379 e. The van der Waals surface area contributed by atoms with E-state index in [0.29, 0.717) is 26.4 Å². The van der Waals surface area contributed by atoms with Crippen molar-refractivity contribution in [1.29, 1.82) is 0 Å². The smallest absolute Gasteiger partial charge is 0.0701 e. The van der Waals surface area contributed by atoms with Gasteiger partial charge in [-0.15, -0.1) is 0 Å². The summed E-state index contributed by atoms with van der Waals surface area (Å²) in [5.74, 6) is 0. The van der Waals surface area contributed by atoms with Crippen molar-refractivity contribution in [2.75, 3.05) is 46.2 Å². The standard InChI is InChI=1S/C13H29NO3/c1-5-15-9-10-17-12-11-16-8-6-7-14-13(2,3)4/h14H,5-12H2,1-4H3. The first-order chi connectivity index (χ1) is 8.06. The Morgan fingerprint density at radius 3 is 1.88 bits per heavy atom. The predicted molar refractivity (Wildman–Crippen MR) is 70.5 cm³/mol. The number of nitrogens with one attached hydrogen (secondary N) is 1. The molecule has 0 aromatic heterocycles. The van der Waals surface area contributed by atoms with Gasteiger partial charge >= 0.3 is 0 Å². The van der Waals surface area contributed by atoms with Crippen LogP contribution in [0.25, 0.3) is 0 Å². The van der Waals surface area contributed by atoms with Gasteiger partial charge in [0, 0.05) is 18.8 Å². The second-order valence-corrected chi connectivity index (χ2v) is 4.95. The van der Waals surface area contributed by atoms with E-state index in [0.717, 1.165) is 26.2 Å². The largest absolute Gasteiger partial charge is 0.379 e. The van der Waals surface area contributed by atoms with Gasteiger partial charge in [-0.05, 0) is 40.7 Å². The van der Waals surface area contributed by atoms with Crippen molar-refractivity contribution in [3.63, 3.8) is 0 Å². The van der Waals surface area contributed by atoms with E-state index in [1.54, 1.807) is 0 Å². The lowest BCUT2D eigenvalue weighted by molar-refractivity contribution is 0.0164. The topological polar surface area (TPSA) is 39.7 Å². The van der Waals surface area contributed by atoms with Gasteiger partial charge in [-0.25, -0.2) is 0 Å². The molecule has 0 aromatic rings. The average Bonchev–Trinajstić information content (AvgIpc) is 2.24. The molecule has 0 aromatic carbocycles. The highest BCUT2D eigenvalue weighted by molar-refractivity contribution is 4.69. The number of hydrogen-bond acceptors (Lipinski definition) is 4. The van der Waals surface area contributed by atoms with Gasteiger partial charge in [-0.1, -0.05) is 0 Å². The summed E-state index contributed by atoms with van der Waals surface area (Å²) in [7, 11) is 0. The van der Waals surface area contributed by atoms with Crippen LogP contribution in [0.4, 0.5) is 0 Å². The Morgan fingerprint density at radius 1 is 0.824 bits per heavy atom.